The highest BCUT2D eigenvalue weighted by Crippen LogP contribution is 2.15. The van der Waals surface area contributed by atoms with Gasteiger partial charge in [-0.15, -0.1) is 0 Å². The van der Waals surface area contributed by atoms with E-state index in [0.717, 1.165) is 11.1 Å². The van der Waals surface area contributed by atoms with Crippen LogP contribution in [0.4, 0.5) is 0 Å². The third-order valence-corrected chi connectivity index (χ3v) is 3.57. The third-order valence-electron chi connectivity index (χ3n) is 2.86. The van der Waals surface area contributed by atoms with Crippen molar-refractivity contribution in [3.8, 4) is 6.07 Å². The number of aliphatic hydroxyl groups excluding tert-OH is 1. The monoisotopic (exact) mass is 298 g/mol. The molecular formula is C16H14N2O2S. The molecule has 0 aliphatic carbocycles. The Balaban J connectivity index is 1.83. The Bertz CT molecular complexity index is 655. The fraction of sp³-hybridized carbons (Fsp3) is 0.125. The number of amides is 1. The molecule has 4 nitrogen and oxygen atoms in total. The molecule has 0 saturated heterocycles. The van der Waals surface area contributed by atoms with Crippen molar-refractivity contribution in [2.24, 2.45) is 0 Å². The van der Waals surface area contributed by atoms with Gasteiger partial charge in [0.1, 0.15) is 0 Å². The second-order valence-corrected chi connectivity index (χ2v) is 5.16. The summed E-state index contributed by atoms with van der Waals surface area (Å²) in [5, 5.41) is 24.9. The van der Waals surface area contributed by atoms with Crippen molar-refractivity contribution in [1.29, 1.82) is 5.26 Å². The summed E-state index contributed by atoms with van der Waals surface area (Å²) < 4.78 is 0. The fourth-order valence-corrected chi connectivity index (χ4v) is 2.39. The lowest BCUT2D eigenvalue weighted by atomic mass is 10.1. The summed E-state index contributed by atoms with van der Waals surface area (Å²) in [6.07, 6.45) is 2.37. The first-order chi connectivity index (χ1) is 10.2. The summed E-state index contributed by atoms with van der Waals surface area (Å²) >= 11 is 1.50. The van der Waals surface area contributed by atoms with E-state index in [1.54, 1.807) is 30.3 Å². The minimum absolute atomic E-state index is 0.174. The molecular weight excluding hydrogens is 284 g/mol. The molecule has 106 valence electrons. The first kappa shape index (κ1) is 15.0. The Morgan fingerprint density at radius 2 is 2.14 bits per heavy atom. The van der Waals surface area contributed by atoms with Gasteiger partial charge in [-0.25, -0.2) is 0 Å². The van der Waals surface area contributed by atoms with Gasteiger partial charge in [0, 0.05) is 12.6 Å². The van der Waals surface area contributed by atoms with Crippen molar-refractivity contribution in [2.75, 3.05) is 6.54 Å². The van der Waals surface area contributed by atoms with E-state index < -0.39 is 6.10 Å². The van der Waals surface area contributed by atoms with E-state index in [0.29, 0.717) is 5.56 Å². The molecule has 1 aromatic carbocycles. The summed E-state index contributed by atoms with van der Waals surface area (Å²) in [4.78, 5) is 11.7. The van der Waals surface area contributed by atoms with Crippen molar-refractivity contribution in [3.05, 3.63) is 63.9 Å². The van der Waals surface area contributed by atoms with Crippen LogP contribution in [0.3, 0.4) is 0 Å². The number of benzene rings is 1. The third kappa shape index (κ3) is 4.56. The Hall–Kier alpha value is -2.42. The molecule has 1 amide bonds. The maximum absolute atomic E-state index is 11.7. The number of thiophene rings is 1. The highest BCUT2D eigenvalue weighted by molar-refractivity contribution is 7.07. The van der Waals surface area contributed by atoms with E-state index in [-0.39, 0.29) is 12.5 Å². The molecule has 1 unspecified atom stereocenters. The number of aliphatic hydroxyl groups is 1. The van der Waals surface area contributed by atoms with Crippen LogP contribution in [0, 0.1) is 11.3 Å². The van der Waals surface area contributed by atoms with Crippen LogP contribution in [0.1, 0.15) is 22.8 Å². The number of hydrogen-bond acceptors (Lipinski definition) is 4. The molecule has 1 aromatic heterocycles. The first-order valence-corrected chi connectivity index (χ1v) is 7.29. The molecule has 2 aromatic rings. The lowest BCUT2D eigenvalue weighted by Crippen LogP contribution is -2.26. The second kappa shape index (κ2) is 7.39. The molecule has 21 heavy (non-hydrogen) atoms. The van der Waals surface area contributed by atoms with Crippen molar-refractivity contribution in [2.45, 2.75) is 6.10 Å². The van der Waals surface area contributed by atoms with Crippen molar-refractivity contribution < 1.29 is 9.90 Å². The van der Waals surface area contributed by atoms with Crippen LogP contribution in [-0.4, -0.2) is 17.6 Å². The SMILES string of the molecule is N#Cc1ccc(/C=C/C(=O)NCC(O)c2ccsc2)cc1. The van der Waals surface area contributed by atoms with E-state index in [4.69, 9.17) is 5.26 Å². The van der Waals surface area contributed by atoms with Crippen LogP contribution in [-0.2, 0) is 4.79 Å². The van der Waals surface area contributed by atoms with Crippen LogP contribution in [0.2, 0.25) is 0 Å². The fourth-order valence-electron chi connectivity index (χ4n) is 1.68. The van der Waals surface area contributed by atoms with Gasteiger partial charge in [-0.3, -0.25) is 4.79 Å². The quantitative estimate of drug-likeness (QED) is 0.833. The van der Waals surface area contributed by atoms with Crippen molar-refractivity contribution >= 4 is 23.3 Å². The van der Waals surface area contributed by atoms with E-state index in [9.17, 15) is 9.90 Å². The summed E-state index contributed by atoms with van der Waals surface area (Å²) in [5.41, 5.74) is 2.22. The minimum Gasteiger partial charge on any atom is -0.387 e. The lowest BCUT2D eigenvalue weighted by Gasteiger charge is -2.08. The van der Waals surface area contributed by atoms with E-state index >= 15 is 0 Å². The van der Waals surface area contributed by atoms with Gasteiger partial charge in [0.25, 0.3) is 0 Å². The van der Waals surface area contributed by atoms with Crippen LogP contribution < -0.4 is 5.32 Å². The minimum atomic E-state index is -0.691. The zero-order chi connectivity index (χ0) is 15.1. The van der Waals surface area contributed by atoms with Gasteiger partial charge >= 0.3 is 0 Å². The topological polar surface area (TPSA) is 73.1 Å². The second-order valence-electron chi connectivity index (χ2n) is 4.38. The Morgan fingerprint density at radius 1 is 1.38 bits per heavy atom. The van der Waals surface area contributed by atoms with Crippen LogP contribution in [0.5, 0.6) is 0 Å². The Labute approximate surface area is 127 Å². The average molecular weight is 298 g/mol. The van der Waals surface area contributed by atoms with Gasteiger partial charge in [-0.2, -0.15) is 16.6 Å². The molecule has 1 atom stereocenters. The van der Waals surface area contributed by atoms with Gasteiger partial charge < -0.3 is 10.4 Å². The van der Waals surface area contributed by atoms with Gasteiger partial charge in [0.15, 0.2) is 0 Å². The predicted molar refractivity (Wildman–Crippen MR) is 82.5 cm³/mol. The van der Waals surface area contributed by atoms with Crippen LogP contribution >= 0.6 is 11.3 Å². The predicted octanol–water partition coefficient (Wildman–Crippen LogP) is 2.48. The number of carbonyl (C=O) groups excluding carboxylic acids is 1. The normalized spacial score (nSPS) is 12.0. The van der Waals surface area contributed by atoms with Crippen molar-refractivity contribution in [1.82, 2.24) is 5.32 Å². The first-order valence-electron chi connectivity index (χ1n) is 6.35. The Morgan fingerprint density at radius 3 is 2.76 bits per heavy atom. The molecule has 0 aliphatic heterocycles. The zero-order valence-corrected chi connectivity index (χ0v) is 12.0. The number of carbonyl (C=O) groups is 1. The lowest BCUT2D eigenvalue weighted by molar-refractivity contribution is -0.116. The molecule has 2 rings (SSSR count). The maximum atomic E-state index is 11.7. The molecule has 2 N–H and O–H groups in total. The van der Waals surface area contributed by atoms with Gasteiger partial charge in [-0.05, 0) is 46.2 Å². The highest BCUT2D eigenvalue weighted by Gasteiger charge is 2.08. The van der Waals surface area contributed by atoms with E-state index in [1.165, 1.54) is 17.4 Å². The molecule has 0 spiro atoms. The Kier molecular flexibility index (Phi) is 5.27. The summed E-state index contributed by atoms with van der Waals surface area (Å²) in [5.74, 6) is -0.270. The largest absolute Gasteiger partial charge is 0.387 e. The summed E-state index contributed by atoms with van der Waals surface area (Å²) in [6.45, 7) is 0.174. The number of nitriles is 1. The van der Waals surface area contributed by atoms with Gasteiger partial charge in [0.2, 0.25) is 5.91 Å². The van der Waals surface area contributed by atoms with Gasteiger partial charge in [-0.1, -0.05) is 12.1 Å². The molecule has 1 heterocycles. The summed E-state index contributed by atoms with van der Waals surface area (Å²) in [7, 11) is 0. The van der Waals surface area contributed by atoms with E-state index in [1.807, 2.05) is 22.9 Å². The number of nitrogens with one attached hydrogen (secondary N) is 1. The summed E-state index contributed by atoms with van der Waals surface area (Å²) in [6, 6.07) is 10.8. The van der Waals surface area contributed by atoms with Crippen molar-refractivity contribution in [3.63, 3.8) is 0 Å². The molecule has 0 aliphatic rings. The molecule has 0 bridgehead atoms. The number of hydrogen-bond donors (Lipinski definition) is 2. The smallest absolute Gasteiger partial charge is 0.244 e. The number of rotatable bonds is 5. The number of nitrogens with zero attached hydrogens (tertiary/aromatic N) is 1. The molecule has 0 fully saturated rings. The highest BCUT2D eigenvalue weighted by atomic mass is 32.1. The van der Waals surface area contributed by atoms with Crippen LogP contribution in [0.25, 0.3) is 6.08 Å². The molecule has 0 radical (unpaired) electrons. The molecule has 0 saturated carbocycles. The standard InChI is InChI=1S/C16H14N2O2S/c17-9-13-3-1-12(2-4-13)5-6-16(20)18-10-15(19)14-7-8-21-11-14/h1-8,11,15,19H,10H2,(H,18,20)/b6-5+. The van der Waals surface area contributed by atoms with Crippen LogP contribution in [0.15, 0.2) is 47.2 Å². The zero-order valence-electron chi connectivity index (χ0n) is 11.2. The van der Waals surface area contributed by atoms with Gasteiger partial charge in [0.05, 0.1) is 17.7 Å². The maximum Gasteiger partial charge on any atom is 0.244 e. The van der Waals surface area contributed by atoms with E-state index in [2.05, 4.69) is 5.32 Å². The molecule has 5 heteroatoms. The average Bonchev–Trinajstić information content (AvgIpc) is 3.05.